The zero-order chi connectivity index (χ0) is 21.6. The van der Waals surface area contributed by atoms with Crippen LogP contribution in [0.5, 0.6) is 5.75 Å². The molecule has 31 heavy (non-hydrogen) atoms. The van der Waals surface area contributed by atoms with Gasteiger partial charge in [-0.3, -0.25) is 4.79 Å². The lowest BCUT2D eigenvalue weighted by Gasteiger charge is -2.16. The van der Waals surface area contributed by atoms with Crippen molar-refractivity contribution in [1.82, 2.24) is 4.57 Å². The SMILES string of the molecule is Cc1cc(-c2cccc(OCc3ccccc3)c2)n(Cc2ccccc2)c(=O)c1C#N. The van der Waals surface area contributed by atoms with Crippen LogP contribution < -0.4 is 10.3 Å². The molecule has 4 aromatic rings. The first-order chi connectivity index (χ1) is 15.2. The van der Waals surface area contributed by atoms with Gasteiger partial charge in [0, 0.05) is 5.56 Å². The minimum atomic E-state index is -0.281. The molecule has 0 spiro atoms. The Morgan fingerprint density at radius 3 is 2.23 bits per heavy atom. The zero-order valence-electron chi connectivity index (χ0n) is 17.3. The molecule has 0 atom stereocenters. The van der Waals surface area contributed by atoms with Crippen LogP contribution in [0.15, 0.2) is 95.8 Å². The fourth-order valence-corrected chi connectivity index (χ4v) is 3.55. The highest BCUT2D eigenvalue weighted by atomic mass is 16.5. The Balaban J connectivity index is 1.73. The Labute approximate surface area is 181 Å². The van der Waals surface area contributed by atoms with Crippen molar-refractivity contribution in [3.63, 3.8) is 0 Å². The third-order valence-electron chi connectivity index (χ3n) is 5.17. The van der Waals surface area contributed by atoms with E-state index >= 15 is 0 Å². The van der Waals surface area contributed by atoms with E-state index in [9.17, 15) is 10.1 Å². The van der Waals surface area contributed by atoms with Crippen LogP contribution in [0, 0.1) is 18.3 Å². The molecule has 0 aliphatic rings. The number of hydrogen-bond acceptors (Lipinski definition) is 3. The number of aryl methyl sites for hydroxylation is 1. The molecule has 0 bridgehead atoms. The van der Waals surface area contributed by atoms with E-state index in [4.69, 9.17) is 4.74 Å². The summed E-state index contributed by atoms with van der Waals surface area (Å²) in [5.41, 5.74) is 4.27. The van der Waals surface area contributed by atoms with E-state index in [2.05, 4.69) is 6.07 Å². The second-order valence-corrected chi connectivity index (χ2v) is 7.38. The molecule has 1 aromatic heterocycles. The molecule has 4 nitrogen and oxygen atoms in total. The van der Waals surface area contributed by atoms with E-state index in [0.717, 1.165) is 28.1 Å². The molecule has 1 heterocycles. The summed E-state index contributed by atoms with van der Waals surface area (Å²) >= 11 is 0. The van der Waals surface area contributed by atoms with E-state index in [-0.39, 0.29) is 11.1 Å². The predicted molar refractivity (Wildman–Crippen MR) is 122 cm³/mol. The lowest BCUT2D eigenvalue weighted by atomic mass is 10.0. The number of aromatic nitrogens is 1. The lowest BCUT2D eigenvalue weighted by Crippen LogP contribution is -2.25. The number of ether oxygens (including phenoxy) is 1. The fourth-order valence-electron chi connectivity index (χ4n) is 3.55. The summed E-state index contributed by atoms with van der Waals surface area (Å²) in [7, 11) is 0. The molecule has 4 rings (SSSR count). The zero-order valence-corrected chi connectivity index (χ0v) is 17.3. The predicted octanol–water partition coefficient (Wildman–Crippen LogP) is 5.32. The summed E-state index contributed by atoms with van der Waals surface area (Å²) in [5, 5.41) is 9.49. The minimum Gasteiger partial charge on any atom is -0.489 e. The van der Waals surface area contributed by atoms with E-state index < -0.39 is 0 Å². The topological polar surface area (TPSA) is 55.0 Å². The minimum absolute atomic E-state index is 0.177. The van der Waals surface area contributed by atoms with Crippen LogP contribution >= 0.6 is 0 Å². The van der Waals surface area contributed by atoms with Crippen molar-refractivity contribution in [2.24, 2.45) is 0 Å². The van der Waals surface area contributed by atoms with Crippen molar-refractivity contribution >= 4 is 0 Å². The number of hydrogen-bond donors (Lipinski definition) is 0. The summed E-state index contributed by atoms with van der Waals surface area (Å²) in [6.45, 7) is 2.65. The molecule has 4 heteroatoms. The van der Waals surface area contributed by atoms with Crippen molar-refractivity contribution in [3.8, 4) is 23.1 Å². The molecule has 0 N–H and O–H groups in total. The van der Waals surface area contributed by atoms with Gasteiger partial charge in [-0.05, 0) is 41.8 Å². The molecule has 0 unspecified atom stereocenters. The van der Waals surface area contributed by atoms with Crippen LogP contribution in [-0.4, -0.2) is 4.57 Å². The van der Waals surface area contributed by atoms with E-state index in [1.807, 2.05) is 91.0 Å². The highest BCUT2D eigenvalue weighted by Gasteiger charge is 2.15. The van der Waals surface area contributed by atoms with Crippen LogP contribution in [-0.2, 0) is 13.2 Å². The van der Waals surface area contributed by atoms with E-state index in [1.54, 1.807) is 11.5 Å². The van der Waals surface area contributed by atoms with Crippen molar-refractivity contribution < 1.29 is 4.74 Å². The molecule has 0 amide bonds. The van der Waals surface area contributed by atoms with Gasteiger partial charge in [-0.1, -0.05) is 72.8 Å². The first kappa shape index (κ1) is 20.2. The summed E-state index contributed by atoms with van der Waals surface area (Å²) in [6.07, 6.45) is 0. The summed E-state index contributed by atoms with van der Waals surface area (Å²) < 4.78 is 7.64. The van der Waals surface area contributed by atoms with Gasteiger partial charge in [-0.15, -0.1) is 0 Å². The summed E-state index contributed by atoms with van der Waals surface area (Å²) in [4.78, 5) is 13.1. The summed E-state index contributed by atoms with van der Waals surface area (Å²) in [5.74, 6) is 0.724. The van der Waals surface area contributed by atoms with Crippen LogP contribution in [0.25, 0.3) is 11.3 Å². The van der Waals surface area contributed by atoms with Crippen molar-refractivity contribution in [3.05, 3.63) is 124 Å². The van der Waals surface area contributed by atoms with Crippen LogP contribution in [0.4, 0.5) is 0 Å². The molecule has 0 aliphatic carbocycles. The Morgan fingerprint density at radius 2 is 1.55 bits per heavy atom. The number of nitrogens with zero attached hydrogens (tertiary/aromatic N) is 2. The maximum Gasteiger partial charge on any atom is 0.269 e. The quantitative estimate of drug-likeness (QED) is 0.435. The Morgan fingerprint density at radius 1 is 0.871 bits per heavy atom. The van der Waals surface area contributed by atoms with Crippen molar-refractivity contribution in [1.29, 1.82) is 5.26 Å². The van der Waals surface area contributed by atoms with Gasteiger partial charge in [0.1, 0.15) is 24.0 Å². The summed E-state index contributed by atoms with van der Waals surface area (Å²) in [6, 6.07) is 31.4. The Hall–Kier alpha value is -4.10. The first-order valence-corrected chi connectivity index (χ1v) is 10.1. The number of rotatable bonds is 6. The Bertz CT molecular complexity index is 1290. The fraction of sp³-hybridized carbons (Fsp3) is 0.111. The third-order valence-corrected chi connectivity index (χ3v) is 5.17. The van der Waals surface area contributed by atoms with Gasteiger partial charge < -0.3 is 9.30 Å². The number of pyridine rings is 1. The molecule has 0 fully saturated rings. The molecular weight excluding hydrogens is 384 g/mol. The second kappa shape index (κ2) is 9.15. The van der Waals surface area contributed by atoms with Crippen LogP contribution in [0.2, 0.25) is 0 Å². The average Bonchev–Trinajstić information content (AvgIpc) is 2.81. The highest BCUT2D eigenvalue weighted by molar-refractivity contribution is 5.64. The molecule has 0 aliphatic heterocycles. The monoisotopic (exact) mass is 406 g/mol. The van der Waals surface area contributed by atoms with Gasteiger partial charge in [0.2, 0.25) is 0 Å². The lowest BCUT2D eigenvalue weighted by molar-refractivity contribution is 0.306. The first-order valence-electron chi connectivity index (χ1n) is 10.1. The van der Waals surface area contributed by atoms with E-state index in [0.29, 0.717) is 18.7 Å². The van der Waals surface area contributed by atoms with Gasteiger partial charge in [0.05, 0.1) is 12.2 Å². The van der Waals surface area contributed by atoms with Gasteiger partial charge in [-0.25, -0.2) is 0 Å². The van der Waals surface area contributed by atoms with Gasteiger partial charge in [0.15, 0.2) is 0 Å². The normalized spacial score (nSPS) is 10.5. The number of nitriles is 1. The molecule has 3 aromatic carbocycles. The maximum absolute atomic E-state index is 13.1. The molecule has 0 radical (unpaired) electrons. The van der Waals surface area contributed by atoms with Gasteiger partial charge in [0.25, 0.3) is 5.56 Å². The van der Waals surface area contributed by atoms with Crippen LogP contribution in [0.1, 0.15) is 22.3 Å². The molecule has 152 valence electrons. The second-order valence-electron chi connectivity index (χ2n) is 7.38. The standard InChI is InChI=1S/C27H22N2O2/c1-20-15-26(29(27(30)25(20)17-28)18-21-9-4-2-5-10-21)23-13-8-14-24(16-23)31-19-22-11-6-3-7-12-22/h2-16H,18-19H2,1H3. The maximum atomic E-state index is 13.1. The molecule has 0 saturated heterocycles. The van der Waals surface area contributed by atoms with E-state index in [1.165, 1.54) is 0 Å². The van der Waals surface area contributed by atoms with Crippen molar-refractivity contribution in [2.75, 3.05) is 0 Å². The molecular formula is C27H22N2O2. The average molecular weight is 406 g/mol. The van der Waals surface area contributed by atoms with Gasteiger partial charge >= 0.3 is 0 Å². The molecule has 0 saturated carbocycles. The van der Waals surface area contributed by atoms with Crippen molar-refractivity contribution in [2.45, 2.75) is 20.1 Å². The third kappa shape index (κ3) is 4.57. The smallest absolute Gasteiger partial charge is 0.269 e. The Kier molecular flexibility index (Phi) is 5.96. The largest absolute Gasteiger partial charge is 0.489 e. The number of benzene rings is 3. The van der Waals surface area contributed by atoms with Gasteiger partial charge in [-0.2, -0.15) is 5.26 Å². The van der Waals surface area contributed by atoms with Crippen LogP contribution in [0.3, 0.4) is 0 Å². The highest BCUT2D eigenvalue weighted by Crippen LogP contribution is 2.26.